The van der Waals surface area contributed by atoms with Crippen LogP contribution in [0.5, 0.6) is 5.75 Å². The van der Waals surface area contributed by atoms with Gasteiger partial charge in [0.25, 0.3) is 5.91 Å². The molecular formula is C20H24N2O3S. The molecule has 0 bridgehead atoms. The number of rotatable bonds is 7. The Morgan fingerprint density at radius 1 is 1.19 bits per heavy atom. The molecule has 0 heterocycles. The van der Waals surface area contributed by atoms with Crippen molar-refractivity contribution in [3.63, 3.8) is 0 Å². The molecule has 2 amide bonds. The van der Waals surface area contributed by atoms with Crippen LogP contribution < -0.4 is 10.1 Å². The van der Waals surface area contributed by atoms with Crippen molar-refractivity contribution < 1.29 is 14.3 Å². The van der Waals surface area contributed by atoms with E-state index in [1.807, 2.05) is 61.7 Å². The van der Waals surface area contributed by atoms with E-state index in [0.29, 0.717) is 5.75 Å². The van der Waals surface area contributed by atoms with Gasteiger partial charge in [-0.15, -0.1) is 11.8 Å². The van der Waals surface area contributed by atoms with Crippen LogP contribution in [0, 0.1) is 6.92 Å². The third-order valence-corrected chi connectivity index (χ3v) is 4.58. The second-order valence-corrected chi connectivity index (χ2v) is 6.87. The molecule has 138 valence electrons. The fourth-order valence-electron chi connectivity index (χ4n) is 2.48. The second kappa shape index (κ2) is 9.29. The lowest BCUT2D eigenvalue weighted by Crippen LogP contribution is -2.42. The zero-order chi connectivity index (χ0) is 19.1. The number of amides is 2. The van der Waals surface area contributed by atoms with Gasteiger partial charge in [-0.2, -0.15) is 0 Å². The molecule has 0 fully saturated rings. The number of para-hydroxylation sites is 1. The molecule has 2 rings (SSSR count). The molecule has 0 aliphatic rings. The number of nitrogens with one attached hydrogen (secondary N) is 1. The molecule has 0 spiro atoms. The third-order valence-electron chi connectivity index (χ3n) is 3.79. The Morgan fingerprint density at radius 2 is 1.92 bits per heavy atom. The van der Waals surface area contributed by atoms with Crippen molar-refractivity contribution in [3.8, 4) is 5.75 Å². The molecule has 1 N–H and O–H groups in total. The van der Waals surface area contributed by atoms with Crippen molar-refractivity contribution in [2.24, 2.45) is 0 Å². The van der Waals surface area contributed by atoms with Gasteiger partial charge < -0.3 is 15.0 Å². The summed E-state index contributed by atoms with van der Waals surface area (Å²) in [7, 11) is 1.60. The molecule has 5 nitrogen and oxygen atoms in total. The lowest BCUT2D eigenvalue weighted by Gasteiger charge is -2.22. The summed E-state index contributed by atoms with van der Waals surface area (Å²) >= 11 is 1.55. The van der Waals surface area contributed by atoms with Crippen LogP contribution in [0.4, 0.5) is 5.69 Å². The van der Waals surface area contributed by atoms with E-state index >= 15 is 0 Å². The molecule has 26 heavy (non-hydrogen) atoms. The van der Waals surface area contributed by atoms with Crippen molar-refractivity contribution in [3.05, 3.63) is 54.1 Å². The standard InChI is InChI=1S/C20H24N2O3S/c1-14-8-7-9-16(12-14)25-15(2)20(24)22(3)13-19(23)21-17-10-5-6-11-18(17)26-4/h5-12,15H,13H2,1-4H3,(H,21,23). The predicted octanol–water partition coefficient (Wildman–Crippen LogP) is 3.58. The first-order valence-electron chi connectivity index (χ1n) is 8.32. The largest absolute Gasteiger partial charge is 0.481 e. The summed E-state index contributed by atoms with van der Waals surface area (Å²) in [4.78, 5) is 27.1. The zero-order valence-corrected chi connectivity index (χ0v) is 16.3. The summed E-state index contributed by atoms with van der Waals surface area (Å²) in [6, 6.07) is 15.1. The topological polar surface area (TPSA) is 58.6 Å². The first kappa shape index (κ1) is 19.8. The smallest absolute Gasteiger partial charge is 0.263 e. The molecule has 1 unspecified atom stereocenters. The quantitative estimate of drug-likeness (QED) is 0.755. The van der Waals surface area contributed by atoms with Crippen LogP contribution in [0.2, 0.25) is 0 Å². The molecule has 6 heteroatoms. The molecular weight excluding hydrogens is 348 g/mol. The monoisotopic (exact) mass is 372 g/mol. The van der Waals surface area contributed by atoms with Crippen LogP contribution in [0.3, 0.4) is 0 Å². The van der Waals surface area contributed by atoms with E-state index in [1.165, 1.54) is 4.90 Å². The van der Waals surface area contributed by atoms with Crippen molar-refractivity contribution in [2.75, 3.05) is 25.2 Å². The van der Waals surface area contributed by atoms with Crippen molar-refractivity contribution in [1.82, 2.24) is 4.90 Å². The number of ether oxygens (including phenoxy) is 1. The average Bonchev–Trinajstić information content (AvgIpc) is 2.61. The molecule has 1 atom stereocenters. The Labute approximate surface area is 158 Å². The van der Waals surface area contributed by atoms with Crippen molar-refractivity contribution in [1.29, 1.82) is 0 Å². The first-order chi connectivity index (χ1) is 12.4. The summed E-state index contributed by atoms with van der Waals surface area (Å²) in [5, 5.41) is 2.85. The number of hydrogen-bond acceptors (Lipinski definition) is 4. The van der Waals surface area contributed by atoms with Gasteiger partial charge in [-0.1, -0.05) is 24.3 Å². The summed E-state index contributed by atoms with van der Waals surface area (Å²) in [6.45, 7) is 3.60. The Kier molecular flexibility index (Phi) is 7.09. The summed E-state index contributed by atoms with van der Waals surface area (Å²) in [6.07, 6.45) is 1.28. The van der Waals surface area contributed by atoms with E-state index in [4.69, 9.17) is 4.74 Å². The predicted molar refractivity (Wildman–Crippen MR) is 106 cm³/mol. The molecule has 2 aromatic rings. The Morgan fingerprint density at radius 3 is 2.62 bits per heavy atom. The van der Waals surface area contributed by atoms with Crippen LogP contribution in [0.1, 0.15) is 12.5 Å². The SMILES string of the molecule is CSc1ccccc1NC(=O)CN(C)C(=O)C(C)Oc1cccc(C)c1. The minimum atomic E-state index is -0.673. The maximum absolute atomic E-state index is 12.5. The number of nitrogens with zero attached hydrogens (tertiary/aromatic N) is 1. The van der Waals surface area contributed by atoms with E-state index in [-0.39, 0.29) is 18.4 Å². The lowest BCUT2D eigenvalue weighted by atomic mass is 10.2. The van der Waals surface area contributed by atoms with E-state index in [1.54, 1.807) is 25.7 Å². The van der Waals surface area contributed by atoms with Gasteiger partial charge in [-0.25, -0.2) is 0 Å². The molecule has 0 radical (unpaired) electrons. The van der Waals surface area contributed by atoms with E-state index in [9.17, 15) is 9.59 Å². The van der Waals surface area contributed by atoms with E-state index in [0.717, 1.165) is 16.1 Å². The summed E-state index contributed by atoms with van der Waals surface area (Å²) in [5.41, 5.74) is 1.80. The van der Waals surface area contributed by atoms with E-state index in [2.05, 4.69) is 5.32 Å². The van der Waals surface area contributed by atoms with Crippen LogP contribution in [0.25, 0.3) is 0 Å². The van der Waals surface area contributed by atoms with Gasteiger partial charge in [0.2, 0.25) is 5.91 Å². The summed E-state index contributed by atoms with van der Waals surface area (Å²) < 4.78 is 5.69. The molecule has 2 aromatic carbocycles. The van der Waals surface area contributed by atoms with E-state index < -0.39 is 6.10 Å². The van der Waals surface area contributed by atoms with Gasteiger partial charge in [0.05, 0.1) is 12.2 Å². The van der Waals surface area contributed by atoms with Gasteiger partial charge in [0.1, 0.15) is 5.75 Å². The van der Waals surface area contributed by atoms with Gasteiger partial charge >= 0.3 is 0 Å². The van der Waals surface area contributed by atoms with Crippen LogP contribution in [-0.4, -0.2) is 42.7 Å². The maximum atomic E-state index is 12.5. The minimum absolute atomic E-state index is 0.0386. The van der Waals surface area contributed by atoms with Crippen LogP contribution in [0.15, 0.2) is 53.4 Å². The number of anilines is 1. The van der Waals surface area contributed by atoms with Gasteiger partial charge in [-0.05, 0) is 49.9 Å². The first-order valence-corrected chi connectivity index (χ1v) is 9.54. The normalized spacial score (nSPS) is 11.5. The number of aryl methyl sites for hydroxylation is 1. The fourth-order valence-corrected chi connectivity index (χ4v) is 3.04. The third kappa shape index (κ3) is 5.52. The molecule has 0 aliphatic carbocycles. The number of likely N-dealkylation sites (N-methyl/N-ethyl adjacent to an activating group) is 1. The van der Waals surface area contributed by atoms with Crippen LogP contribution in [-0.2, 0) is 9.59 Å². The Hall–Kier alpha value is -2.47. The van der Waals surface area contributed by atoms with Gasteiger partial charge in [0, 0.05) is 11.9 Å². The molecule has 0 saturated heterocycles. The average molecular weight is 372 g/mol. The molecule has 0 aliphatic heterocycles. The minimum Gasteiger partial charge on any atom is -0.481 e. The Bertz CT molecular complexity index is 779. The van der Waals surface area contributed by atoms with Gasteiger partial charge in [-0.3, -0.25) is 9.59 Å². The maximum Gasteiger partial charge on any atom is 0.263 e. The highest BCUT2D eigenvalue weighted by Gasteiger charge is 2.21. The van der Waals surface area contributed by atoms with Crippen molar-refractivity contribution in [2.45, 2.75) is 24.8 Å². The molecule has 0 aromatic heterocycles. The highest BCUT2D eigenvalue weighted by molar-refractivity contribution is 7.98. The second-order valence-electron chi connectivity index (χ2n) is 6.02. The number of benzene rings is 2. The van der Waals surface area contributed by atoms with Gasteiger partial charge in [0.15, 0.2) is 6.10 Å². The lowest BCUT2D eigenvalue weighted by molar-refractivity contribution is -0.139. The highest BCUT2D eigenvalue weighted by Crippen LogP contribution is 2.24. The zero-order valence-electron chi connectivity index (χ0n) is 15.5. The number of carbonyl (C=O) groups is 2. The number of hydrogen-bond donors (Lipinski definition) is 1. The van der Waals surface area contributed by atoms with Crippen LogP contribution >= 0.6 is 11.8 Å². The summed E-state index contributed by atoms with van der Waals surface area (Å²) in [5.74, 6) is 0.141. The molecule has 0 saturated carbocycles. The highest BCUT2D eigenvalue weighted by atomic mass is 32.2. The fraction of sp³-hybridized carbons (Fsp3) is 0.300. The van der Waals surface area contributed by atoms with Crippen molar-refractivity contribution >= 4 is 29.3 Å². The number of carbonyl (C=O) groups excluding carboxylic acids is 2. The number of thioether (sulfide) groups is 1. The Balaban J connectivity index is 1.92.